The number of rotatable bonds is 5. The molecule has 0 spiro atoms. The normalized spacial score (nSPS) is 31.0. The van der Waals surface area contributed by atoms with Crippen molar-refractivity contribution in [3.8, 4) is 5.75 Å². The van der Waals surface area contributed by atoms with Crippen LogP contribution in [0, 0.1) is 17.8 Å². The molecule has 120 valence electrons. The maximum atomic E-state index is 12.4. The molecule has 3 N–H and O–H groups in total. The SMILES string of the molecule is CC(CNC(=O)C1C2CCC(C2)C1N)Oc1cccc(Br)c1. The summed E-state index contributed by atoms with van der Waals surface area (Å²) in [5, 5.41) is 3.02. The highest BCUT2D eigenvalue weighted by molar-refractivity contribution is 9.10. The minimum absolute atomic E-state index is 0.00294. The van der Waals surface area contributed by atoms with Crippen molar-refractivity contribution in [2.24, 2.45) is 23.5 Å². The summed E-state index contributed by atoms with van der Waals surface area (Å²) in [5.74, 6) is 1.94. The van der Waals surface area contributed by atoms with Crippen LogP contribution in [0.15, 0.2) is 28.7 Å². The number of benzene rings is 1. The third kappa shape index (κ3) is 3.30. The number of fused-ring (bicyclic) bond motifs is 2. The van der Waals surface area contributed by atoms with Gasteiger partial charge in [0.2, 0.25) is 5.91 Å². The molecule has 3 rings (SSSR count). The van der Waals surface area contributed by atoms with Crippen molar-refractivity contribution in [1.82, 2.24) is 5.32 Å². The second-order valence-corrected chi connectivity index (χ2v) is 7.48. The summed E-state index contributed by atoms with van der Waals surface area (Å²) in [4.78, 5) is 12.4. The van der Waals surface area contributed by atoms with Crippen molar-refractivity contribution >= 4 is 21.8 Å². The van der Waals surface area contributed by atoms with Gasteiger partial charge in [0.05, 0.1) is 12.5 Å². The molecule has 2 aliphatic rings. The average molecular weight is 367 g/mol. The van der Waals surface area contributed by atoms with Crippen LogP contribution in [0.3, 0.4) is 0 Å². The standard InChI is InChI=1S/C17H23BrN2O2/c1-10(22-14-4-2-3-13(18)8-14)9-20-17(21)15-11-5-6-12(7-11)16(15)19/h2-4,8,10-12,15-16H,5-7,9,19H2,1H3,(H,20,21). The Morgan fingerprint density at radius 3 is 2.91 bits per heavy atom. The van der Waals surface area contributed by atoms with Crippen LogP contribution in [0.25, 0.3) is 0 Å². The molecule has 0 heterocycles. The monoisotopic (exact) mass is 366 g/mol. The zero-order chi connectivity index (χ0) is 15.7. The summed E-state index contributed by atoms with van der Waals surface area (Å²) in [6, 6.07) is 7.76. The summed E-state index contributed by atoms with van der Waals surface area (Å²) in [5.41, 5.74) is 6.21. The molecule has 2 aliphatic carbocycles. The predicted octanol–water partition coefficient (Wildman–Crippen LogP) is 2.71. The second kappa shape index (κ2) is 6.59. The van der Waals surface area contributed by atoms with E-state index in [-0.39, 0.29) is 24.0 Å². The Bertz CT molecular complexity index is 549. The average Bonchev–Trinajstić information content (AvgIpc) is 3.05. The summed E-state index contributed by atoms with van der Waals surface area (Å²) < 4.78 is 6.80. The lowest BCUT2D eigenvalue weighted by Crippen LogP contribution is -2.47. The molecule has 1 aromatic rings. The van der Waals surface area contributed by atoms with Crippen LogP contribution in [-0.2, 0) is 4.79 Å². The molecule has 5 heteroatoms. The van der Waals surface area contributed by atoms with E-state index < -0.39 is 0 Å². The second-order valence-electron chi connectivity index (χ2n) is 6.57. The summed E-state index contributed by atoms with van der Waals surface area (Å²) in [6.45, 7) is 2.47. The first-order chi connectivity index (χ1) is 10.5. The first kappa shape index (κ1) is 15.8. The van der Waals surface area contributed by atoms with Gasteiger partial charge in [-0.2, -0.15) is 0 Å². The van der Waals surface area contributed by atoms with Crippen molar-refractivity contribution in [2.45, 2.75) is 38.3 Å². The van der Waals surface area contributed by atoms with Crippen LogP contribution in [0.2, 0.25) is 0 Å². The molecule has 1 amide bonds. The van der Waals surface area contributed by atoms with E-state index in [0.29, 0.717) is 18.4 Å². The number of hydrogen-bond donors (Lipinski definition) is 2. The van der Waals surface area contributed by atoms with E-state index in [1.165, 1.54) is 6.42 Å². The van der Waals surface area contributed by atoms with E-state index in [4.69, 9.17) is 10.5 Å². The highest BCUT2D eigenvalue weighted by Gasteiger charge is 2.48. The fourth-order valence-electron chi connectivity index (χ4n) is 3.90. The number of carbonyl (C=O) groups is 1. The molecule has 22 heavy (non-hydrogen) atoms. The van der Waals surface area contributed by atoms with Gasteiger partial charge in [0, 0.05) is 10.5 Å². The minimum Gasteiger partial charge on any atom is -0.489 e. The Labute approximate surface area is 139 Å². The maximum Gasteiger partial charge on any atom is 0.225 e. The zero-order valence-corrected chi connectivity index (χ0v) is 14.4. The van der Waals surface area contributed by atoms with Crippen LogP contribution in [0.4, 0.5) is 0 Å². The lowest BCUT2D eigenvalue weighted by atomic mass is 9.84. The van der Waals surface area contributed by atoms with E-state index in [2.05, 4.69) is 21.2 Å². The van der Waals surface area contributed by atoms with E-state index in [1.54, 1.807) is 0 Å². The number of ether oxygens (including phenoxy) is 1. The molecule has 0 aromatic heterocycles. The largest absolute Gasteiger partial charge is 0.489 e. The van der Waals surface area contributed by atoms with Crippen LogP contribution in [-0.4, -0.2) is 24.6 Å². The Hall–Kier alpha value is -1.07. The van der Waals surface area contributed by atoms with E-state index in [9.17, 15) is 4.79 Å². The minimum atomic E-state index is -0.0759. The Kier molecular flexibility index (Phi) is 4.73. The fourth-order valence-corrected chi connectivity index (χ4v) is 4.28. The van der Waals surface area contributed by atoms with Crippen molar-refractivity contribution in [3.63, 3.8) is 0 Å². The molecule has 1 aromatic carbocycles. The number of nitrogens with two attached hydrogens (primary N) is 1. The van der Waals surface area contributed by atoms with Gasteiger partial charge >= 0.3 is 0 Å². The third-order valence-electron chi connectivity index (χ3n) is 4.98. The van der Waals surface area contributed by atoms with Gasteiger partial charge in [-0.15, -0.1) is 0 Å². The van der Waals surface area contributed by atoms with Gasteiger partial charge < -0.3 is 15.8 Å². The summed E-state index contributed by atoms with van der Waals surface area (Å²) in [7, 11) is 0. The quantitative estimate of drug-likeness (QED) is 0.841. The van der Waals surface area contributed by atoms with Gasteiger partial charge in [-0.05, 0) is 56.2 Å². The lowest BCUT2D eigenvalue weighted by Gasteiger charge is -2.27. The smallest absolute Gasteiger partial charge is 0.225 e. The molecule has 2 fully saturated rings. The Morgan fingerprint density at radius 1 is 1.45 bits per heavy atom. The summed E-state index contributed by atoms with van der Waals surface area (Å²) >= 11 is 3.42. The van der Waals surface area contributed by atoms with Crippen LogP contribution >= 0.6 is 15.9 Å². The number of halogens is 1. The summed E-state index contributed by atoms with van der Waals surface area (Å²) in [6.07, 6.45) is 3.40. The number of nitrogens with one attached hydrogen (secondary N) is 1. The van der Waals surface area contributed by atoms with Crippen molar-refractivity contribution < 1.29 is 9.53 Å². The molecule has 0 aliphatic heterocycles. The fraction of sp³-hybridized carbons (Fsp3) is 0.588. The van der Waals surface area contributed by atoms with Gasteiger partial charge in [0.15, 0.2) is 0 Å². The van der Waals surface area contributed by atoms with Crippen LogP contribution < -0.4 is 15.8 Å². The zero-order valence-electron chi connectivity index (χ0n) is 12.8. The predicted molar refractivity (Wildman–Crippen MR) is 89.5 cm³/mol. The van der Waals surface area contributed by atoms with Crippen molar-refractivity contribution in [3.05, 3.63) is 28.7 Å². The lowest BCUT2D eigenvalue weighted by molar-refractivity contribution is -0.127. The third-order valence-corrected chi connectivity index (χ3v) is 5.47. The van der Waals surface area contributed by atoms with E-state index in [1.807, 2.05) is 31.2 Å². The van der Waals surface area contributed by atoms with Crippen LogP contribution in [0.5, 0.6) is 5.75 Å². The molecule has 5 unspecified atom stereocenters. The van der Waals surface area contributed by atoms with Crippen molar-refractivity contribution in [2.75, 3.05) is 6.54 Å². The highest BCUT2D eigenvalue weighted by Crippen LogP contribution is 2.47. The first-order valence-electron chi connectivity index (χ1n) is 8.00. The van der Waals surface area contributed by atoms with Gasteiger partial charge in [-0.25, -0.2) is 0 Å². The molecule has 4 nitrogen and oxygen atoms in total. The van der Waals surface area contributed by atoms with Crippen molar-refractivity contribution in [1.29, 1.82) is 0 Å². The number of carbonyl (C=O) groups excluding carboxylic acids is 1. The Morgan fingerprint density at radius 2 is 2.23 bits per heavy atom. The molecular weight excluding hydrogens is 344 g/mol. The van der Waals surface area contributed by atoms with Gasteiger partial charge in [0.25, 0.3) is 0 Å². The molecule has 5 atom stereocenters. The number of amides is 1. The van der Waals surface area contributed by atoms with Gasteiger partial charge in [-0.1, -0.05) is 22.0 Å². The van der Waals surface area contributed by atoms with E-state index >= 15 is 0 Å². The molecular formula is C17H23BrN2O2. The molecule has 0 saturated heterocycles. The molecule has 0 radical (unpaired) electrons. The Balaban J connectivity index is 1.49. The maximum absolute atomic E-state index is 12.4. The van der Waals surface area contributed by atoms with E-state index in [0.717, 1.165) is 23.1 Å². The molecule has 2 bridgehead atoms. The van der Waals surface area contributed by atoms with Crippen LogP contribution in [0.1, 0.15) is 26.2 Å². The number of hydrogen-bond acceptors (Lipinski definition) is 3. The highest BCUT2D eigenvalue weighted by atomic mass is 79.9. The molecule has 2 saturated carbocycles. The van der Waals surface area contributed by atoms with Gasteiger partial charge in [-0.3, -0.25) is 4.79 Å². The van der Waals surface area contributed by atoms with Gasteiger partial charge in [0.1, 0.15) is 11.9 Å². The first-order valence-corrected chi connectivity index (χ1v) is 8.79. The topological polar surface area (TPSA) is 64.4 Å².